The third kappa shape index (κ3) is 3.39. The van der Waals surface area contributed by atoms with E-state index in [-0.39, 0.29) is 0 Å². The largest absolute Gasteiger partial charge is 0.352 e. The molecule has 0 aromatic carbocycles. The van der Waals surface area contributed by atoms with Gasteiger partial charge in [0.25, 0.3) is 0 Å². The molecule has 0 N–H and O–H groups in total. The first-order chi connectivity index (χ1) is 8.72. The Hall–Kier alpha value is -0.280. The maximum Gasteiger partial charge on any atom is 0.131 e. The van der Waals surface area contributed by atoms with Gasteiger partial charge >= 0.3 is 0 Å². The summed E-state index contributed by atoms with van der Waals surface area (Å²) in [4.78, 5) is 7.00. The van der Waals surface area contributed by atoms with Crippen LogP contribution < -0.4 is 4.90 Å². The molecule has 18 heavy (non-hydrogen) atoms. The van der Waals surface area contributed by atoms with E-state index in [2.05, 4.69) is 38.8 Å². The molecule has 1 aliphatic carbocycles. The average molecular weight is 332 g/mol. The molecule has 0 amide bonds. The smallest absolute Gasteiger partial charge is 0.131 e. The van der Waals surface area contributed by atoms with Crippen LogP contribution in [0.15, 0.2) is 16.7 Å². The van der Waals surface area contributed by atoms with Crippen molar-refractivity contribution in [1.82, 2.24) is 4.98 Å². The number of hydrogen-bond acceptors (Lipinski definition) is 2. The van der Waals surface area contributed by atoms with Crippen LogP contribution in [0, 0.1) is 6.92 Å². The van der Waals surface area contributed by atoms with Crippen molar-refractivity contribution in [2.45, 2.75) is 45.1 Å². The van der Waals surface area contributed by atoms with Crippen LogP contribution in [0.5, 0.6) is 0 Å². The molecule has 0 radical (unpaired) electrons. The minimum absolute atomic E-state index is 0.616. The standard InChI is InChI=1S/C14H20BrClN2/c1-11-9-12(15)10-17-14(11)18(8-7-16)13-5-3-2-4-6-13/h9-10,13H,2-8H2,1H3. The lowest BCUT2D eigenvalue weighted by Crippen LogP contribution is -2.39. The van der Waals surface area contributed by atoms with E-state index < -0.39 is 0 Å². The lowest BCUT2D eigenvalue weighted by molar-refractivity contribution is 0.416. The molecule has 1 aliphatic rings. The second-order valence-electron chi connectivity index (χ2n) is 4.97. The monoisotopic (exact) mass is 330 g/mol. The highest BCUT2D eigenvalue weighted by molar-refractivity contribution is 9.10. The highest BCUT2D eigenvalue weighted by Gasteiger charge is 2.23. The Morgan fingerprint density at radius 3 is 2.72 bits per heavy atom. The molecule has 0 atom stereocenters. The van der Waals surface area contributed by atoms with Gasteiger partial charge in [-0.25, -0.2) is 4.98 Å². The van der Waals surface area contributed by atoms with Crippen molar-refractivity contribution in [2.75, 3.05) is 17.3 Å². The van der Waals surface area contributed by atoms with Crippen LogP contribution in [0.25, 0.3) is 0 Å². The van der Waals surface area contributed by atoms with E-state index >= 15 is 0 Å². The maximum absolute atomic E-state index is 5.97. The summed E-state index contributed by atoms with van der Waals surface area (Å²) in [6.45, 7) is 3.01. The molecule has 1 heterocycles. The number of alkyl halides is 1. The van der Waals surface area contributed by atoms with E-state index in [0.717, 1.165) is 16.8 Å². The molecular formula is C14H20BrClN2. The zero-order valence-electron chi connectivity index (χ0n) is 10.8. The third-order valence-electron chi connectivity index (χ3n) is 3.63. The van der Waals surface area contributed by atoms with Gasteiger partial charge in [0, 0.05) is 29.1 Å². The fourth-order valence-corrected chi connectivity index (χ4v) is 3.41. The predicted octanol–water partition coefficient (Wildman–Crippen LogP) is 4.53. The minimum atomic E-state index is 0.616. The Balaban J connectivity index is 2.22. The van der Waals surface area contributed by atoms with Gasteiger partial charge < -0.3 is 4.90 Å². The normalized spacial score (nSPS) is 16.8. The van der Waals surface area contributed by atoms with Gasteiger partial charge in [0.2, 0.25) is 0 Å². The number of halogens is 2. The minimum Gasteiger partial charge on any atom is -0.352 e. The van der Waals surface area contributed by atoms with Gasteiger partial charge in [-0.2, -0.15) is 0 Å². The number of nitrogens with zero attached hydrogens (tertiary/aromatic N) is 2. The van der Waals surface area contributed by atoms with Crippen molar-refractivity contribution < 1.29 is 0 Å². The zero-order chi connectivity index (χ0) is 13.0. The van der Waals surface area contributed by atoms with E-state index in [1.54, 1.807) is 0 Å². The van der Waals surface area contributed by atoms with Crippen LogP contribution in [0.1, 0.15) is 37.7 Å². The van der Waals surface area contributed by atoms with E-state index in [0.29, 0.717) is 11.9 Å². The number of rotatable bonds is 4. The quantitative estimate of drug-likeness (QED) is 0.754. The molecule has 4 heteroatoms. The molecule has 0 aliphatic heterocycles. The summed E-state index contributed by atoms with van der Waals surface area (Å²) in [6.07, 6.45) is 8.46. The van der Waals surface area contributed by atoms with E-state index in [1.807, 2.05) is 6.20 Å². The molecule has 0 bridgehead atoms. The van der Waals surface area contributed by atoms with Crippen LogP contribution in [-0.2, 0) is 0 Å². The van der Waals surface area contributed by atoms with Crippen LogP contribution in [-0.4, -0.2) is 23.5 Å². The van der Waals surface area contributed by atoms with Crippen LogP contribution in [0.2, 0.25) is 0 Å². The van der Waals surface area contributed by atoms with Crippen molar-refractivity contribution >= 4 is 33.3 Å². The molecule has 0 saturated heterocycles. The lowest BCUT2D eigenvalue weighted by atomic mass is 9.94. The Morgan fingerprint density at radius 1 is 1.39 bits per heavy atom. The Labute approximate surface area is 123 Å². The number of hydrogen-bond donors (Lipinski definition) is 0. The summed E-state index contributed by atoms with van der Waals surface area (Å²) >= 11 is 9.44. The second-order valence-corrected chi connectivity index (χ2v) is 6.26. The topological polar surface area (TPSA) is 16.1 Å². The average Bonchev–Trinajstić information content (AvgIpc) is 2.38. The number of aromatic nitrogens is 1. The van der Waals surface area contributed by atoms with Crippen LogP contribution >= 0.6 is 27.5 Å². The van der Waals surface area contributed by atoms with Gasteiger partial charge in [0.1, 0.15) is 5.82 Å². The molecule has 1 saturated carbocycles. The summed E-state index contributed by atoms with van der Waals surface area (Å²) in [6, 6.07) is 2.75. The zero-order valence-corrected chi connectivity index (χ0v) is 13.2. The molecule has 1 aromatic heterocycles. The fourth-order valence-electron chi connectivity index (χ4n) is 2.78. The van der Waals surface area contributed by atoms with Gasteiger partial charge in [0.15, 0.2) is 0 Å². The number of aryl methyl sites for hydroxylation is 1. The first kappa shape index (κ1) is 14.1. The second kappa shape index (κ2) is 6.76. The van der Waals surface area contributed by atoms with Crippen LogP contribution in [0.3, 0.4) is 0 Å². The van der Waals surface area contributed by atoms with E-state index in [1.165, 1.54) is 37.7 Å². The molecule has 2 rings (SSSR count). The van der Waals surface area contributed by atoms with Crippen molar-refractivity contribution in [1.29, 1.82) is 0 Å². The first-order valence-corrected chi connectivity index (χ1v) is 8.00. The first-order valence-electron chi connectivity index (χ1n) is 6.67. The molecule has 1 fully saturated rings. The highest BCUT2D eigenvalue weighted by Crippen LogP contribution is 2.29. The van der Waals surface area contributed by atoms with Crippen molar-refractivity contribution in [3.8, 4) is 0 Å². The van der Waals surface area contributed by atoms with Gasteiger partial charge in [0.05, 0.1) is 0 Å². The fraction of sp³-hybridized carbons (Fsp3) is 0.643. The van der Waals surface area contributed by atoms with E-state index in [9.17, 15) is 0 Å². The SMILES string of the molecule is Cc1cc(Br)cnc1N(CCCl)C1CCCCC1. The van der Waals surface area contributed by atoms with Gasteiger partial charge in [-0.3, -0.25) is 0 Å². The Kier molecular flexibility index (Phi) is 5.31. The molecular weight excluding hydrogens is 312 g/mol. The van der Waals surface area contributed by atoms with Crippen molar-refractivity contribution in [2.24, 2.45) is 0 Å². The summed E-state index contributed by atoms with van der Waals surface area (Å²) in [7, 11) is 0. The molecule has 0 spiro atoms. The van der Waals surface area contributed by atoms with E-state index in [4.69, 9.17) is 11.6 Å². The highest BCUT2D eigenvalue weighted by atomic mass is 79.9. The molecule has 100 valence electrons. The van der Waals surface area contributed by atoms with Crippen LogP contribution in [0.4, 0.5) is 5.82 Å². The number of anilines is 1. The Bertz CT molecular complexity index is 391. The number of pyridine rings is 1. The third-order valence-corrected chi connectivity index (χ3v) is 4.23. The predicted molar refractivity (Wildman–Crippen MR) is 81.6 cm³/mol. The summed E-state index contributed by atoms with van der Waals surface area (Å²) < 4.78 is 1.04. The van der Waals surface area contributed by atoms with Gasteiger partial charge in [-0.15, -0.1) is 11.6 Å². The lowest BCUT2D eigenvalue weighted by Gasteiger charge is -2.35. The molecule has 0 unspecified atom stereocenters. The Morgan fingerprint density at radius 2 is 2.11 bits per heavy atom. The molecule has 2 nitrogen and oxygen atoms in total. The molecule has 1 aromatic rings. The van der Waals surface area contributed by atoms with Crippen molar-refractivity contribution in [3.05, 3.63) is 22.3 Å². The summed E-state index contributed by atoms with van der Waals surface area (Å²) in [5.41, 5.74) is 1.22. The van der Waals surface area contributed by atoms with Crippen molar-refractivity contribution in [3.63, 3.8) is 0 Å². The van der Waals surface area contributed by atoms with Gasteiger partial charge in [-0.1, -0.05) is 19.3 Å². The summed E-state index contributed by atoms with van der Waals surface area (Å²) in [5.74, 6) is 1.76. The summed E-state index contributed by atoms with van der Waals surface area (Å²) in [5, 5.41) is 0. The maximum atomic E-state index is 5.97. The van der Waals surface area contributed by atoms with Gasteiger partial charge in [-0.05, 0) is 47.3 Å².